The molecule has 0 saturated heterocycles. The third-order valence-corrected chi connectivity index (χ3v) is 6.43. The summed E-state index contributed by atoms with van der Waals surface area (Å²) < 4.78 is 5.64. The molecular formula is C26H22N4O3S. The van der Waals surface area contributed by atoms with Gasteiger partial charge in [0, 0.05) is 29.4 Å². The van der Waals surface area contributed by atoms with E-state index >= 15 is 0 Å². The lowest BCUT2D eigenvalue weighted by molar-refractivity contribution is -0.124. The first-order valence-electron chi connectivity index (χ1n) is 10.9. The molecule has 5 rings (SSSR count). The molecule has 170 valence electrons. The van der Waals surface area contributed by atoms with Gasteiger partial charge in [0.15, 0.2) is 6.61 Å². The third-order valence-electron chi connectivity index (χ3n) is 5.56. The van der Waals surface area contributed by atoms with Crippen LogP contribution in [-0.2, 0) is 9.59 Å². The Kier molecular flexibility index (Phi) is 6.05. The highest BCUT2D eigenvalue weighted by Gasteiger charge is 2.29. The van der Waals surface area contributed by atoms with E-state index in [4.69, 9.17) is 9.72 Å². The molecule has 0 aliphatic carbocycles. The summed E-state index contributed by atoms with van der Waals surface area (Å²) in [7, 11) is 0. The highest BCUT2D eigenvalue weighted by Crippen LogP contribution is 2.37. The van der Waals surface area contributed by atoms with Gasteiger partial charge >= 0.3 is 0 Å². The Morgan fingerprint density at radius 1 is 1.09 bits per heavy atom. The second-order valence-corrected chi connectivity index (χ2v) is 8.54. The Hall–Kier alpha value is -4.04. The molecule has 2 aromatic heterocycles. The summed E-state index contributed by atoms with van der Waals surface area (Å²) in [6.07, 6.45) is 1.74. The number of nitrogens with zero attached hydrogens (tertiary/aromatic N) is 4. The van der Waals surface area contributed by atoms with Crippen molar-refractivity contribution in [1.29, 1.82) is 0 Å². The molecule has 0 atom stereocenters. The number of pyridine rings is 1. The Bertz CT molecular complexity index is 1320. The van der Waals surface area contributed by atoms with Crippen molar-refractivity contribution < 1.29 is 14.3 Å². The van der Waals surface area contributed by atoms with Gasteiger partial charge in [-0.3, -0.25) is 19.5 Å². The fourth-order valence-electron chi connectivity index (χ4n) is 3.88. The maximum absolute atomic E-state index is 13.2. The molecule has 7 nitrogen and oxygen atoms in total. The van der Waals surface area contributed by atoms with Gasteiger partial charge in [-0.25, -0.2) is 4.98 Å². The predicted molar refractivity (Wildman–Crippen MR) is 133 cm³/mol. The fraction of sp³-hybridized carbons (Fsp3) is 0.154. The molecule has 1 aliphatic heterocycles. The molecule has 0 N–H and O–H groups in total. The average Bonchev–Trinajstić information content (AvgIpc) is 3.38. The van der Waals surface area contributed by atoms with Crippen LogP contribution in [0.15, 0.2) is 78.3 Å². The van der Waals surface area contributed by atoms with E-state index in [1.165, 1.54) is 16.2 Å². The van der Waals surface area contributed by atoms with Crippen molar-refractivity contribution in [3.8, 4) is 27.7 Å². The highest BCUT2D eigenvalue weighted by molar-refractivity contribution is 7.13. The molecule has 2 amide bonds. The third kappa shape index (κ3) is 4.27. The average molecular weight is 471 g/mol. The number of aromatic nitrogens is 2. The number of thiazole rings is 1. The first-order chi connectivity index (χ1) is 16.6. The van der Waals surface area contributed by atoms with E-state index in [0.29, 0.717) is 18.0 Å². The summed E-state index contributed by atoms with van der Waals surface area (Å²) in [5.41, 5.74) is 3.79. The van der Waals surface area contributed by atoms with Gasteiger partial charge in [-0.1, -0.05) is 24.3 Å². The quantitative estimate of drug-likeness (QED) is 0.410. The normalized spacial score (nSPS) is 12.7. The number of carbonyl (C=O) groups excluding carboxylic acids is 2. The van der Waals surface area contributed by atoms with Crippen LogP contribution < -0.4 is 14.5 Å². The van der Waals surface area contributed by atoms with E-state index in [0.717, 1.165) is 27.6 Å². The van der Waals surface area contributed by atoms with Gasteiger partial charge in [0.25, 0.3) is 5.91 Å². The number of amides is 2. The number of rotatable bonds is 6. The van der Waals surface area contributed by atoms with Crippen LogP contribution in [0.1, 0.15) is 6.92 Å². The van der Waals surface area contributed by atoms with E-state index < -0.39 is 0 Å². The largest absolute Gasteiger partial charge is 0.482 e. The minimum Gasteiger partial charge on any atom is -0.482 e. The van der Waals surface area contributed by atoms with Crippen LogP contribution >= 0.6 is 11.3 Å². The van der Waals surface area contributed by atoms with Crippen LogP contribution in [0.25, 0.3) is 22.0 Å². The lowest BCUT2D eigenvalue weighted by atomic mass is 10.1. The number of hydrogen-bond acceptors (Lipinski definition) is 6. The van der Waals surface area contributed by atoms with Crippen LogP contribution in [0, 0.1) is 0 Å². The van der Waals surface area contributed by atoms with Crippen LogP contribution in [-0.4, -0.2) is 41.5 Å². The molecule has 2 aromatic carbocycles. The molecule has 0 radical (unpaired) electrons. The molecule has 0 spiro atoms. The monoisotopic (exact) mass is 470 g/mol. The SMILES string of the molecule is CCN(C(=O)CN1C(=O)COc2ccc(-c3csc(-c4ccccn4)n3)cc21)c1ccccc1. The predicted octanol–water partition coefficient (Wildman–Crippen LogP) is 4.65. The van der Waals surface area contributed by atoms with Crippen molar-refractivity contribution >= 4 is 34.5 Å². The number of ether oxygens (including phenoxy) is 1. The Balaban J connectivity index is 1.44. The molecule has 0 saturated carbocycles. The van der Waals surface area contributed by atoms with E-state index in [1.54, 1.807) is 11.1 Å². The van der Waals surface area contributed by atoms with E-state index in [-0.39, 0.29) is 25.0 Å². The summed E-state index contributed by atoms with van der Waals surface area (Å²) in [4.78, 5) is 38.2. The van der Waals surface area contributed by atoms with Gasteiger partial charge in [0.2, 0.25) is 5.91 Å². The van der Waals surface area contributed by atoms with Gasteiger partial charge in [-0.2, -0.15) is 0 Å². The second-order valence-electron chi connectivity index (χ2n) is 7.68. The molecule has 34 heavy (non-hydrogen) atoms. The topological polar surface area (TPSA) is 75.6 Å². The lowest BCUT2D eigenvalue weighted by Gasteiger charge is -2.31. The number of carbonyl (C=O) groups is 2. The fourth-order valence-corrected chi connectivity index (χ4v) is 4.68. The van der Waals surface area contributed by atoms with Gasteiger partial charge in [-0.15, -0.1) is 11.3 Å². The molecule has 0 fully saturated rings. The summed E-state index contributed by atoms with van der Waals surface area (Å²) in [6, 6.07) is 20.8. The molecule has 0 unspecified atom stereocenters. The van der Waals surface area contributed by atoms with E-state index in [9.17, 15) is 9.59 Å². The first-order valence-corrected chi connectivity index (χ1v) is 11.8. The maximum Gasteiger partial charge on any atom is 0.265 e. The molecular weight excluding hydrogens is 448 g/mol. The van der Waals surface area contributed by atoms with Crippen molar-refractivity contribution in [2.75, 3.05) is 29.5 Å². The number of fused-ring (bicyclic) bond motifs is 1. The lowest BCUT2D eigenvalue weighted by Crippen LogP contribution is -2.46. The van der Waals surface area contributed by atoms with E-state index in [1.807, 2.05) is 79.0 Å². The molecule has 3 heterocycles. The summed E-state index contributed by atoms with van der Waals surface area (Å²) in [6.45, 7) is 2.25. The maximum atomic E-state index is 13.2. The zero-order valence-corrected chi connectivity index (χ0v) is 19.4. The zero-order chi connectivity index (χ0) is 23.5. The molecule has 8 heteroatoms. The second kappa shape index (κ2) is 9.44. The minimum atomic E-state index is -0.255. The number of anilines is 2. The summed E-state index contributed by atoms with van der Waals surface area (Å²) >= 11 is 1.51. The van der Waals surface area contributed by atoms with E-state index in [2.05, 4.69) is 4.98 Å². The molecule has 0 bridgehead atoms. The Labute approximate surface area is 201 Å². The van der Waals surface area contributed by atoms with Crippen LogP contribution in [0.2, 0.25) is 0 Å². The van der Waals surface area contributed by atoms with Crippen LogP contribution in [0.3, 0.4) is 0 Å². The minimum absolute atomic E-state index is 0.0718. The van der Waals surface area contributed by atoms with Gasteiger partial charge in [-0.05, 0) is 49.4 Å². The van der Waals surface area contributed by atoms with Crippen molar-refractivity contribution in [2.24, 2.45) is 0 Å². The summed E-state index contributed by atoms with van der Waals surface area (Å²) in [5, 5.41) is 2.77. The van der Waals surface area contributed by atoms with Crippen molar-refractivity contribution in [2.45, 2.75) is 6.92 Å². The number of likely N-dealkylation sites (N-methyl/N-ethyl adjacent to an activating group) is 1. The van der Waals surface area contributed by atoms with Crippen molar-refractivity contribution in [1.82, 2.24) is 9.97 Å². The van der Waals surface area contributed by atoms with Gasteiger partial charge < -0.3 is 9.64 Å². The molecule has 1 aliphatic rings. The van der Waals surface area contributed by atoms with Gasteiger partial charge in [0.1, 0.15) is 17.3 Å². The standard InChI is InChI=1S/C26H22N4O3S/c1-2-29(19-8-4-3-5-9-19)24(31)15-30-22-14-18(11-12-23(22)33-16-25(30)32)21-17-34-26(28-21)20-10-6-7-13-27-20/h3-14,17H,2,15-16H2,1H3. The summed E-state index contributed by atoms with van der Waals surface area (Å²) in [5.74, 6) is 0.153. The van der Waals surface area contributed by atoms with Gasteiger partial charge in [0.05, 0.1) is 17.1 Å². The van der Waals surface area contributed by atoms with Crippen LogP contribution in [0.4, 0.5) is 11.4 Å². The van der Waals surface area contributed by atoms with Crippen molar-refractivity contribution in [3.63, 3.8) is 0 Å². The Morgan fingerprint density at radius 3 is 2.68 bits per heavy atom. The molecule has 4 aromatic rings. The number of para-hydroxylation sites is 1. The first kappa shape index (κ1) is 21.8. The Morgan fingerprint density at radius 2 is 1.91 bits per heavy atom. The van der Waals surface area contributed by atoms with Crippen molar-refractivity contribution in [3.05, 3.63) is 78.3 Å². The highest BCUT2D eigenvalue weighted by atomic mass is 32.1. The zero-order valence-electron chi connectivity index (χ0n) is 18.5. The van der Waals surface area contributed by atoms with Crippen LogP contribution in [0.5, 0.6) is 5.75 Å². The smallest absolute Gasteiger partial charge is 0.265 e. The number of hydrogen-bond donors (Lipinski definition) is 0. The number of benzene rings is 2.